The molecule has 0 unspecified atom stereocenters. The number of H-pyrrole nitrogens is 1. The summed E-state index contributed by atoms with van der Waals surface area (Å²) in [7, 11) is 0. The van der Waals surface area contributed by atoms with E-state index in [9.17, 15) is 14.4 Å². The van der Waals surface area contributed by atoms with Gasteiger partial charge in [0.05, 0.1) is 0 Å². The van der Waals surface area contributed by atoms with Gasteiger partial charge in [0.15, 0.2) is 6.61 Å². The Kier molecular flexibility index (Phi) is 4.69. The minimum atomic E-state index is -0.659. The number of nitrogens with one attached hydrogen (secondary N) is 1. The van der Waals surface area contributed by atoms with Crippen molar-refractivity contribution in [1.82, 2.24) is 14.9 Å². The number of ether oxygens (including phenoxy) is 1. The number of Topliss-reactive ketones (excluding diaryl/α,β-unsaturated/α-hetero) is 1. The predicted octanol–water partition coefficient (Wildman–Crippen LogP) is 1.69. The van der Waals surface area contributed by atoms with Crippen LogP contribution in [0, 0.1) is 0 Å². The molecule has 0 saturated carbocycles. The van der Waals surface area contributed by atoms with Gasteiger partial charge in [0.2, 0.25) is 5.78 Å². The molecule has 0 radical (unpaired) electrons. The average Bonchev–Trinajstić information content (AvgIpc) is 3.31. The number of aromatic amines is 1. The number of nitrogens with zero attached hydrogens (tertiary/aromatic N) is 2. The fourth-order valence-electron chi connectivity index (χ4n) is 2.54. The Morgan fingerprint density at radius 1 is 1.21 bits per heavy atom. The third-order valence-electron chi connectivity index (χ3n) is 3.84. The van der Waals surface area contributed by atoms with Crippen LogP contribution < -0.4 is 0 Å². The summed E-state index contributed by atoms with van der Waals surface area (Å²) < 4.78 is 4.95. The summed E-state index contributed by atoms with van der Waals surface area (Å²) in [4.78, 5) is 44.5. The maximum Gasteiger partial charge on any atom is 0.357 e. The molecule has 7 heteroatoms. The van der Waals surface area contributed by atoms with Gasteiger partial charge < -0.3 is 14.6 Å². The molecule has 3 heterocycles. The Labute approximate surface area is 138 Å². The molecule has 1 aliphatic heterocycles. The van der Waals surface area contributed by atoms with Crippen LogP contribution in [0.3, 0.4) is 0 Å². The van der Waals surface area contributed by atoms with Gasteiger partial charge in [-0.05, 0) is 31.0 Å². The molecule has 1 N–H and O–H groups in total. The second kappa shape index (κ2) is 7.08. The average molecular weight is 327 g/mol. The molecule has 0 aliphatic carbocycles. The van der Waals surface area contributed by atoms with Crippen molar-refractivity contribution in [2.75, 3.05) is 19.7 Å². The second-order valence-electron chi connectivity index (χ2n) is 5.52. The molecule has 1 saturated heterocycles. The van der Waals surface area contributed by atoms with Crippen molar-refractivity contribution in [3.05, 3.63) is 53.6 Å². The number of ketones is 1. The van der Waals surface area contributed by atoms with Crippen molar-refractivity contribution in [2.45, 2.75) is 12.8 Å². The second-order valence-corrected chi connectivity index (χ2v) is 5.52. The number of hydrogen-bond acceptors (Lipinski definition) is 5. The summed E-state index contributed by atoms with van der Waals surface area (Å²) in [6.45, 7) is 1.08. The van der Waals surface area contributed by atoms with Crippen LogP contribution in [0.15, 0.2) is 36.7 Å². The van der Waals surface area contributed by atoms with Gasteiger partial charge in [-0.2, -0.15) is 0 Å². The predicted molar refractivity (Wildman–Crippen MR) is 84.8 cm³/mol. The summed E-state index contributed by atoms with van der Waals surface area (Å²) in [5.74, 6) is -1.15. The summed E-state index contributed by atoms with van der Waals surface area (Å²) in [6.07, 6.45) is 4.93. The first kappa shape index (κ1) is 15.9. The Hall–Kier alpha value is -2.96. The number of aromatic nitrogens is 2. The molecule has 0 bridgehead atoms. The molecule has 1 amide bonds. The van der Waals surface area contributed by atoms with Gasteiger partial charge in [0.25, 0.3) is 5.91 Å². The molecule has 2 aromatic rings. The quantitative estimate of drug-likeness (QED) is 0.666. The smallest absolute Gasteiger partial charge is 0.357 e. The van der Waals surface area contributed by atoms with E-state index in [0.717, 1.165) is 25.9 Å². The zero-order chi connectivity index (χ0) is 16.9. The fourth-order valence-corrected chi connectivity index (χ4v) is 2.54. The SMILES string of the molecule is O=C(COC(=O)c1ccccn1)c1c[nH]c(C(=O)N2CCCC2)c1. The number of carbonyl (C=O) groups is 3. The van der Waals surface area contributed by atoms with E-state index in [1.54, 1.807) is 17.0 Å². The van der Waals surface area contributed by atoms with Crippen LogP contribution >= 0.6 is 0 Å². The molecule has 3 rings (SSSR count). The van der Waals surface area contributed by atoms with Crippen molar-refractivity contribution >= 4 is 17.7 Å². The number of rotatable bonds is 5. The molecule has 124 valence electrons. The van der Waals surface area contributed by atoms with Gasteiger partial charge >= 0.3 is 5.97 Å². The molecule has 0 aromatic carbocycles. The van der Waals surface area contributed by atoms with E-state index in [4.69, 9.17) is 4.74 Å². The number of hydrogen-bond donors (Lipinski definition) is 1. The van der Waals surface area contributed by atoms with Crippen LogP contribution in [0.25, 0.3) is 0 Å². The van der Waals surface area contributed by atoms with E-state index < -0.39 is 12.6 Å². The topological polar surface area (TPSA) is 92.4 Å². The monoisotopic (exact) mass is 327 g/mol. The minimum Gasteiger partial charge on any atom is -0.453 e. The van der Waals surface area contributed by atoms with Crippen molar-refractivity contribution in [3.63, 3.8) is 0 Å². The molecular weight excluding hydrogens is 310 g/mol. The highest BCUT2D eigenvalue weighted by Crippen LogP contribution is 2.13. The van der Waals surface area contributed by atoms with Crippen molar-refractivity contribution in [3.8, 4) is 0 Å². The lowest BCUT2D eigenvalue weighted by atomic mass is 10.2. The zero-order valence-corrected chi connectivity index (χ0v) is 13.0. The van der Waals surface area contributed by atoms with Crippen LogP contribution in [0.5, 0.6) is 0 Å². The van der Waals surface area contributed by atoms with E-state index in [0.29, 0.717) is 11.3 Å². The number of pyridine rings is 1. The number of carbonyl (C=O) groups excluding carboxylic acids is 3. The van der Waals surface area contributed by atoms with Crippen molar-refractivity contribution < 1.29 is 19.1 Å². The van der Waals surface area contributed by atoms with Gasteiger partial charge in [-0.3, -0.25) is 9.59 Å². The molecule has 24 heavy (non-hydrogen) atoms. The molecule has 0 atom stereocenters. The lowest BCUT2D eigenvalue weighted by Crippen LogP contribution is -2.27. The van der Waals surface area contributed by atoms with Crippen LogP contribution in [-0.2, 0) is 4.74 Å². The molecule has 7 nitrogen and oxygen atoms in total. The summed E-state index contributed by atoms with van der Waals surface area (Å²) in [6, 6.07) is 6.35. The summed E-state index contributed by atoms with van der Waals surface area (Å²) >= 11 is 0. The van der Waals surface area contributed by atoms with Gasteiger partial charge in [-0.25, -0.2) is 9.78 Å². The summed E-state index contributed by atoms with van der Waals surface area (Å²) in [5.41, 5.74) is 0.826. The maximum absolute atomic E-state index is 12.2. The third-order valence-corrected chi connectivity index (χ3v) is 3.84. The first-order chi connectivity index (χ1) is 11.6. The Balaban J connectivity index is 1.57. The normalized spacial score (nSPS) is 13.8. The van der Waals surface area contributed by atoms with Gasteiger partial charge in [-0.1, -0.05) is 6.07 Å². The van der Waals surface area contributed by atoms with E-state index in [-0.39, 0.29) is 17.4 Å². The van der Waals surface area contributed by atoms with Crippen LogP contribution in [-0.4, -0.2) is 52.2 Å². The molecule has 1 fully saturated rings. The Morgan fingerprint density at radius 3 is 2.71 bits per heavy atom. The molecule has 2 aromatic heterocycles. The molecule has 0 spiro atoms. The van der Waals surface area contributed by atoms with E-state index in [1.807, 2.05) is 0 Å². The largest absolute Gasteiger partial charge is 0.453 e. The third kappa shape index (κ3) is 3.51. The highest BCUT2D eigenvalue weighted by atomic mass is 16.5. The van der Waals surface area contributed by atoms with Gasteiger partial charge in [0.1, 0.15) is 11.4 Å². The minimum absolute atomic E-state index is 0.114. The number of amides is 1. The maximum atomic E-state index is 12.2. The lowest BCUT2D eigenvalue weighted by Gasteiger charge is -2.13. The van der Waals surface area contributed by atoms with Crippen molar-refractivity contribution in [2.24, 2.45) is 0 Å². The standard InChI is InChI=1S/C17H17N3O4/c21-15(11-24-17(23)13-5-1-2-6-18-13)12-9-14(19-10-12)16(22)20-7-3-4-8-20/h1-2,5-6,9-10,19H,3-4,7-8,11H2. The lowest BCUT2D eigenvalue weighted by molar-refractivity contribution is 0.0469. The van der Waals surface area contributed by atoms with Gasteiger partial charge in [-0.15, -0.1) is 0 Å². The Bertz CT molecular complexity index is 748. The van der Waals surface area contributed by atoms with E-state index in [1.165, 1.54) is 24.5 Å². The van der Waals surface area contributed by atoms with Crippen LogP contribution in [0.4, 0.5) is 0 Å². The van der Waals surface area contributed by atoms with Crippen molar-refractivity contribution in [1.29, 1.82) is 0 Å². The van der Waals surface area contributed by atoms with Crippen LogP contribution in [0.1, 0.15) is 44.2 Å². The van der Waals surface area contributed by atoms with Gasteiger partial charge in [0, 0.05) is 31.0 Å². The summed E-state index contributed by atoms with van der Waals surface area (Å²) in [5, 5.41) is 0. The molecule has 1 aliphatic rings. The van der Waals surface area contributed by atoms with Crippen LogP contribution in [0.2, 0.25) is 0 Å². The van der Waals surface area contributed by atoms with E-state index in [2.05, 4.69) is 9.97 Å². The molecular formula is C17H17N3O4. The fraction of sp³-hybridized carbons (Fsp3) is 0.294. The Morgan fingerprint density at radius 2 is 2.00 bits per heavy atom. The number of esters is 1. The first-order valence-corrected chi connectivity index (χ1v) is 7.74. The number of likely N-dealkylation sites (tertiary alicyclic amines) is 1. The zero-order valence-electron chi connectivity index (χ0n) is 13.0. The van der Waals surface area contributed by atoms with E-state index >= 15 is 0 Å². The highest BCUT2D eigenvalue weighted by Gasteiger charge is 2.22. The highest BCUT2D eigenvalue weighted by molar-refractivity contribution is 6.01. The first-order valence-electron chi connectivity index (χ1n) is 7.74.